The fraction of sp³-hybridized carbons (Fsp3) is 0.769. The largest absolute Gasteiger partial charge is 0.409 e. The van der Waals surface area contributed by atoms with Crippen LogP contribution in [0.5, 0.6) is 0 Å². The van der Waals surface area contributed by atoms with Crippen molar-refractivity contribution in [3.63, 3.8) is 0 Å². The van der Waals surface area contributed by atoms with Gasteiger partial charge in [-0.3, -0.25) is 4.68 Å². The van der Waals surface area contributed by atoms with Crippen molar-refractivity contribution in [1.82, 2.24) is 19.9 Å². The first-order valence-corrected chi connectivity index (χ1v) is 7.35. The molecule has 2 rings (SSSR count). The van der Waals surface area contributed by atoms with Crippen LogP contribution in [0.3, 0.4) is 0 Å². The minimum atomic E-state index is 0.226. The Hall–Kier alpha value is -1.63. The Morgan fingerprint density at radius 1 is 1.25 bits per heavy atom. The van der Waals surface area contributed by atoms with E-state index in [1.54, 1.807) is 0 Å². The summed E-state index contributed by atoms with van der Waals surface area (Å²) in [6.45, 7) is 4.30. The number of nitrogens with two attached hydrogens (primary N) is 1. The van der Waals surface area contributed by atoms with E-state index in [9.17, 15) is 0 Å². The average molecular weight is 280 g/mol. The lowest BCUT2D eigenvalue weighted by molar-refractivity contribution is 0.267. The number of likely N-dealkylation sites (tertiary alicyclic amines) is 1. The molecule has 20 heavy (non-hydrogen) atoms. The summed E-state index contributed by atoms with van der Waals surface area (Å²) in [5.41, 5.74) is 6.32. The van der Waals surface area contributed by atoms with Crippen LogP contribution >= 0.6 is 0 Å². The summed E-state index contributed by atoms with van der Waals surface area (Å²) in [5.74, 6) is 0.226. The van der Waals surface area contributed by atoms with Crippen molar-refractivity contribution >= 4 is 5.84 Å². The van der Waals surface area contributed by atoms with Crippen molar-refractivity contribution in [2.75, 3.05) is 19.6 Å². The van der Waals surface area contributed by atoms with Gasteiger partial charge in [0.2, 0.25) is 0 Å². The molecule has 0 aromatic carbocycles. The summed E-state index contributed by atoms with van der Waals surface area (Å²) in [6, 6.07) is 0. The summed E-state index contributed by atoms with van der Waals surface area (Å²) in [6.07, 6.45) is 8.43. The first kappa shape index (κ1) is 14.8. The molecule has 0 saturated carbocycles. The quantitative estimate of drug-likeness (QED) is 0.348. The van der Waals surface area contributed by atoms with Gasteiger partial charge in [0.25, 0.3) is 0 Å². The van der Waals surface area contributed by atoms with Gasteiger partial charge in [0.1, 0.15) is 5.84 Å². The van der Waals surface area contributed by atoms with Gasteiger partial charge in [0.05, 0.1) is 12.2 Å². The van der Waals surface area contributed by atoms with Crippen LogP contribution in [0.4, 0.5) is 0 Å². The summed E-state index contributed by atoms with van der Waals surface area (Å²) in [4.78, 5) is 2.50. The molecule has 7 nitrogen and oxygen atoms in total. The Morgan fingerprint density at radius 3 is 2.70 bits per heavy atom. The topological polar surface area (TPSA) is 92.6 Å². The fourth-order valence-corrected chi connectivity index (χ4v) is 2.47. The Balaban J connectivity index is 1.74. The summed E-state index contributed by atoms with van der Waals surface area (Å²) in [7, 11) is 0. The lowest BCUT2D eigenvalue weighted by Gasteiger charge is -2.19. The second kappa shape index (κ2) is 7.84. The third-order valence-corrected chi connectivity index (χ3v) is 3.70. The van der Waals surface area contributed by atoms with Crippen molar-refractivity contribution in [2.45, 2.75) is 45.1 Å². The van der Waals surface area contributed by atoms with Gasteiger partial charge in [0.15, 0.2) is 0 Å². The maximum absolute atomic E-state index is 8.49. The van der Waals surface area contributed by atoms with Crippen molar-refractivity contribution in [3.05, 3.63) is 11.9 Å². The number of amidine groups is 1. The standard InChI is InChI=1S/C13H24N6O/c14-13(16-20)6-5-12-11-19(17-15-12)10-9-18-7-3-1-2-4-8-18/h11,20H,1-10H2,(H2,14,16). The summed E-state index contributed by atoms with van der Waals surface area (Å²) in [5, 5.41) is 19.7. The first-order valence-electron chi connectivity index (χ1n) is 7.35. The number of nitrogens with zero attached hydrogens (tertiary/aromatic N) is 5. The van der Waals surface area contributed by atoms with Gasteiger partial charge in [0, 0.05) is 25.6 Å². The number of oxime groups is 1. The van der Waals surface area contributed by atoms with Crippen molar-refractivity contribution in [3.8, 4) is 0 Å². The van der Waals surface area contributed by atoms with E-state index in [-0.39, 0.29) is 5.84 Å². The van der Waals surface area contributed by atoms with Crippen LogP contribution in [0, 0.1) is 0 Å². The minimum Gasteiger partial charge on any atom is -0.409 e. The molecule has 1 aromatic rings. The highest BCUT2D eigenvalue weighted by Crippen LogP contribution is 2.09. The van der Waals surface area contributed by atoms with E-state index in [2.05, 4.69) is 20.4 Å². The molecule has 1 aromatic heterocycles. The van der Waals surface area contributed by atoms with Gasteiger partial charge in [-0.25, -0.2) is 0 Å². The zero-order valence-corrected chi connectivity index (χ0v) is 11.9. The Labute approximate surface area is 119 Å². The maximum atomic E-state index is 8.49. The highest BCUT2D eigenvalue weighted by atomic mass is 16.4. The van der Waals surface area contributed by atoms with Crippen LogP contribution in [-0.2, 0) is 13.0 Å². The third kappa shape index (κ3) is 4.80. The molecule has 0 spiro atoms. The molecular weight excluding hydrogens is 256 g/mol. The zero-order valence-electron chi connectivity index (χ0n) is 11.9. The third-order valence-electron chi connectivity index (χ3n) is 3.70. The SMILES string of the molecule is N/C(CCc1cn(CCN2CCCCCC2)nn1)=N\O. The number of aryl methyl sites for hydroxylation is 1. The molecule has 1 aliphatic rings. The molecule has 0 aliphatic carbocycles. The molecule has 0 bridgehead atoms. The molecule has 2 heterocycles. The highest BCUT2D eigenvalue weighted by Gasteiger charge is 2.09. The first-order chi connectivity index (χ1) is 9.78. The lowest BCUT2D eigenvalue weighted by atomic mass is 10.2. The molecule has 1 aliphatic heterocycles. The van der Waals surface area contributed by atoms with E-state index in [0.29, 0.717) is 12.8 Å². The van der Waals surface area contributed by atoms with Gasteiger partial charge < -0.3 is 15.8 Å². The van der Waals surface area contributed by atoms with Gasteiger partial charge in [-0.15, -0.1) is 5.10 Å². The van der Waals surface area contributed by atoms with Crippen LogP contribution in [0.2, 0.25) is 0 Å². The normalized spacial score (nSPS) is 18.1. The van der Waals surface area contributed by atoms with E-state index in [1.807, 2.05) is 10.9 Å². The van der Waals surface area contributed by atoms with Crippen molar-refractivity contribution in [2.24, 2.45) is 10.9 Å². The van der Waals surface area contributed by atoms with Crippen molar-refractivity contribution in [1.29, 1.82) is 0 Å². The van der Waals surface area contributed by atoms with E-state index >= 15 is 0 Å². The Morgan fingerprint density at radius 2 is 2.00 bits per heavy atom. The predicted octanol–water partition coefficient (Wildman–Crippen LogP) is 0.833. The van der Waals surface area contributed by atoms with Gasteiger partial charge in [-0.1, -0.05) is 23.2 Å². The monoisotopic (exact) mass is 280 g/mol. The zero-order chi connectivity index (χ0) is 14.2. The van der Waals surface area contributed by atoms with E-state index in [0.717, 1.165) is 18.8 Å². The van der Waals surface area contributed by atoms with E-state index in [4.69, 9.17) is 10.9 Å². The minimum absolute atomic E-state index is 0.226. The van der Waals surface area contributed by atoms with Gasteiger partial charge in [-0.05, 0) is 25.9 Å². The molecule has 3 N–H and O–H groups in total. The number of rotatable bonds is 6. The fourth-order valence-electron chi connectivity index (χ4n) is 2.47. The Kier molecular flexibility index (Phi) is 5.79. The molecule has 0 atom stereocenters. The number of aromatic nitrogens is 3. The lowest BCUT2D eigenvalue weighted by Crippen LogP contribution is -2.28. The smallest absolute Gasteiger partial charge is 0.139 e. The van der Waals surface area contributed by atoms with Crippen LogP contribution in [-0.4, -0.2) is 50.6 Å². The molecule has 0 unspecified atom stereocenters. The van der Waals surface area contributed by atoms with Crippen molar-refractivity contribution < 1.29 is 5.21 Å². The summed E-state index contributed by atoms with van der Waals surface area (Å²) >= 11 is 0. The van der Waals surface area contributed by atoms with Crippen LogP contribution in [0.1, 0.15) is 37.8 Å². The Bertz CT molecular complexity index is 422. The second-order valence-corrected chi connectivity index (χ2v) is 5.32. The molecule has 112 valence electrons. The molecular formula is C13H24N6O. The molecule has 0 radical (unpaired) electrons. The van der Waals surface area contributed by atoms with Crippen LogP contribution < -0.4 is 5.73 Å². The van der Waals surface area contributed by atoms with E-state index < -0.39 is 0 Å². The molecule has 1 fully saturated rings. The second-order valence-electron chi connectivity index (χ2n) is 5.32. The molecule has 0 amide bonds. The average Bonchev–Trinajstić information content (AvgIpc) is 2.76. The van der Waals surface area contributed by atoms with Gasteiger partial charge in [-0.2, -0.15) is 0 Å². The van der Waals surface area contributed by atoms with Crippen LogP contribution in [0.25, 0.3) is 0 Å². The predicted molar refractivity (Wildman–Crippen MR) is 76.7 cm³/mol. The molecule has 1 saturated heterocycles. The highest BCUT2D eigenvalue weighted by molar-refractivity contribution is 5.79. The molecule has 7 heteroatoms. The summed E-state index contributed by atoms with van der Waals surface area (Å²) < 4.78 is 1.88. The maximum Gasteiger partial charge on any atom is 0.139 e. The number of hydrogen-bond acceptors (Lipinski definition) is 5. The van der Waals surface area contributed by atoms with Gasteiger partial charge >= 0.3 is 0 Å². The van der Waals surface area contributed by atoms with Crippen LogP contribution in [0.15, 0.2) is 11.4 Å². The van der Waals surface area contributed by atoms with E-state index in [1.165, 1.54) is 38.8 Å². The number of hydrogen-bond donors (Lipinski definition) is 2.